The third-order valence-electron chi connectivity index (χ3n) is 4.36. The first-order chi connectivity index (χ1) is 13.1. The summed E-state index contributed by atoms with van der Waals surface area (Å²) in [5.41, 5.74) is 5.16. The molecule has 3 N–H and O–H groups in total. The maximum atomic E-state index is 12.5. The third-order valence-corrected chi connectivity index (χ3v) is 5.48. The molecule has 2 aromatic rings. The van der Waals surface area contributed by atoms with Crippen molar-refractivity contribution in [2.75, 3.05) is 11.9 Å². The summed E-state index contributed by atoms with van der Waals surface area (Å²) in [4.78, 5) is 60.7. The third kappa shape index (κ3) is 3.01. The van der Waals surface area contributed by atoms with Crippen molar-refractivity contribution in [1.29, 1.82) is 0 Å². The van der Waals surface area contributed by atoms with Gasteiger partial charge in [-0.05, 0) is 25.5 Å². The van der Waals surface area contributed by atoms with Gasteiger partial charge < -0.3 is 11.1 Å². The molecule has 1 aromatic carbocycles. The van der Waals surface area contributed by atoms with Crippen LogP contribution in [0.5, 0.6) is 0 Å². The molecule has 10 nitrogen and oxygen atoms in total. The second kappa shape index (κ2) is 6.85. The van der Waals surface area contributed by atoms with Crippen LogP contribution in [0, 0.1) is 24.0 Å². The van der Waals surface area contributed by atoms with Gasteiger partial charge in [0.15, 0.2) is 0 Å². The zero-order valence-corrected chi connectivity index (χ0v) is 15.6. The second-order valence-electron chi connectivity index (χ2n) is 6.05. The average molecular weight is 402 g/mol. The van der Waals surface area contributed by atoms with Crippen molar-refractivity contribution in [3.63, 3.8) is 0 Å². The van der Waals surface area contributed by atoms with E-state index in [2.05, 4.69) is 5.32 Å². The molecule has 0 fully saturated rings. The molecule has 0 unspecified atom stereocenters. The summed E-state index contributed by atoms with van der Waals surface area (Å²) in [5.74, 6) is -3.17. The number of primary amides is 1. The van der Waals surface area contributed by atoms with Crippen molar-refractivity contribution in [2.24, 2.45) is 5.73 Å². The quantitative estimate of drug-likeness (QED) is 0.440. The van der Waals surface area contributed by atoms with Crippen LogP contribution in [0.1, 0.15) is 41.5 Å². The average Bonchev–Trinajstić information content (AvgIpc) is 3.03. The highest BCUT2D eigenvalue weighted by atomic mass is 32.1. The van der Waals surface area contributed by atoms with Gasteiger partial charge in [-0.2, -0.15) is 0 Å². The number of hydrogen-bond acceptors (Lipinski definition) is 7. The summed E-state index contributed by atoms with van der Waals surface area (Å²) >= 11 is 1.14. The van der Waals surface area contributed by atoms with Crippen LogP contribution in [0.25, 0.3) is 0 Å². The van der Waals surface area contributed by atoms with E-state index in [0.717, 1.165) is 22.3 Å². The van der Waals surface area contributed by atoms with Crippen LogP contribution in [-0.4, -0.2) is 40.0 Å². The van der Waals surface area contributed by atoms with Gasteiger partial charge in [-0.15, -0.1) is 11.3 Å². The number of aryl methyl sites for hydroxylation is 1. The van der Waals surface area contributed by atoms with Gasteiger partial charge in [-0.25, -0.2) is 0 Å². The van der Waals surface area contributed by atoms with Gasteiger partial charge in [0.25, 0.3) is 23.4 Å². The lowest BCUT2D eigenvalue weighted by molar-refractivity contribution is -0.385. The predicted octanol–water partition coefficient (Wildman–Crippen LogP) is 1.61. The lowest BCUT2D eigenvalue weighted by Crippen LogP contribution is -2.37. The van der Waals surface area contributed by atoms with Gasteiger partial charge in [0.05, 0.1) is 16.1 Å². The van der Waals surface area contributed by atoms with E-state index in [0.29, 0.717) is 10.5 Å². The molecule has 0 saturated heterocycles. The number of anilines is 1. The number of imide groups is 1. The van der Waals surface area contributed by atoms with Gasteiger partial charge in [0.2, 0.25) is 5.91 Å². The molecule has 144 valence electrons. The fourth-order valence-electron chi connectivity index (χ4n) is 2.93. The molecule has 0 aliphatic carbocycles. The SMILES string of the molecule is Cc1sc(NC(=O)CN2C(=O)c3cccc([N+](=O)[O-])c3C2=O)c(C(N)=O)c1C. The largest absolute Gasteiger partial charge is 0.365 e. The highest BCUT2D eigenvalue weighted by Gasteiger charge is 2.41. The number of nitro groups is 1. The Balaban J connectivity index is 1.85. The molecule has 28 heavy (non-hydrogen) atoms. The van der Waals surface area contributed by atoms with E-state index >= 15 is 0 Å². The topological polar surface area (TPSA) is 153 Å². The zero-order valence-electron chi connectivity index (χ0n) is 14.8. The van der Waals surface area contributed by atoms with Crippen molar-refractivity contribution < 1.29 is 24.1 Å². The van der Waals surface area contributed by atoms with Crippen LogP contribution in [0.2, 0.25) is 0 Å². The van der Waals surface area contributed by atoms with E-state index in [1.54, 1.807) is 13.8 Å². The maximum Gasteiger partial charge on any atom is 0.282 e. The Morgan fingerprint density at radius 3 is 2.54 bits per heavy atom. The lowest BCUT2D eigenvalue weighted by atomic mass is 10.1. The number of nitro benzene ring substituents is 1. The van der Waals surface area contributed by atoms with Crippen LogP contribution in [-0.2, 0) is 4.79 Å². The summed E-state index contributed by atoms with van der Waals surface area (Å²) in [6.07, 6.45) is 0. The number of carbonyl (C=O) groups excluding carboxylic acids is 4. The van der Waals surface area contributed by atoms with Crippen LogP contribution in [0.3, 0.4) is 0 Å². The number of rotatable bonds is 5. The van der Waals surface area contributed by atoms with Crippen molar-refractivity contribution in [1.82, 2.24) is 4.90 Å². The van der Waals surface area contributed by atoms with E-state index in [9.17, 15) is 29.3 Å². The minimum Gasteiger partial charge on any atom is -0.365 e. The molecule has 2 heterocycles. The molecule has 0 atom stereocenters. The highest BCUT2D eigenvalue weighted by Crippen LogP contribution is 2.33. The fourth-order valence-corrected chi connectivity index (χ4v) is 4.01. The molecule has 1 aromatic heterocycles. The summed E-state index contributed by atoms with van der Waals surface area (Å²) < 4.78 is 0. The van der Waals surface area contributed by atoms with Gasteiger partial charge in [0, 0.05) is 10.9 Å². The first kappa shape index (κ1) is 19.2. The fraction of sp³-hybridized carbons (Fsp3) is 0.176. The molecular formula is C17H14N4O6S. The molecular weight excluding hydrogens is 388 g/mol. The van der Waals surface area contributed by atoms with Gasteiger partial charge in [-0.3, -0.25) is 34.2 Å². The number of nitrogens with two attached hydrogens (primary N) is 1. The Morgan fingerprint density at radius 1 is 1.25 bits per heavy atom. The minimum absolute atomic E-state index is 0.132. The van der Waals surface area contributed by atoms with Crippen LogP contribution >= 0.6 is 11.3 Å². The number of fused-ring (bicyclic) bond motifs is 1. The van der Waals surface area contributed by atoms with Gasteiger partial charge >= 0.3 is 0 Å². The Morgan fingerprint density at radius 2 is 1.93 bits per heavy atom. The van der Waals surface area contributed by atoms with Gasteiger partial charge in [-0.1, -0.05) is 6.07 Å². The monoisotopic (exact) mass is 402 g/mol. The first-order valence-corrected chi connectivity index (χ1v) is 8.78. The number of thiophene rings is 1. The standard InChI is InChI=1S/C17H14N4O6S/c1-7-8(2)28-15(12(7)14(18)23)19-11(22)6-20-16(24)9-4-3-5-10(21(26)27)13(9)17(20)25/h3-5H,6H2,1-2H3,(H2,18,23)(H,19,22). The Labute approximate surface area is 162 Å². The predicted molar refractivity (Wildman–Crippen MR) is 99.4 cm³/mol. The smallest absolute Gasteiger partial charge is 0.282 e. The Bertz CT molecular complexity index is 1070. The summed E-state index contributed by atoms with van der Waals surface area (Å²) in [7, 11) is 0. The number of amides is 4. The van der Waals surface area contributed by atoms with E-state index in [-0.39, 0.29) is 21.7 Å². The van der Waals surface area contributed by atoms with Crippen LogP contribution in [0.15, 0.2) is 18.2 Å². The van der Waals surface area contributed by atoms with Crippen molar-refractivity contribution in [3.8, 4) is 0 Å². The molecule has 0 saturated carbocycles. The van der Waals surface area contributed by atoms with E-state index in [1.807, 2.05) is 0 Å². The molecule has 0 bridgehead atoms. The highest BCUT2D eigenvalue weighted by molar-refractivity contribution is 7.16. The van der Waals surface area contributed by atoms with E-state index in [1.165, 1.54) is 12.1 Å². The molecule has 4 amide bonds. The van der Waals surface area contributed by atoms with E-state index in [4.69, 9.17) is 5.73 Å². The summed E-state index contributed by atoms with van der Waals surface area (Å²) in [6.45, 7) is 2.79. The van der Waals surface area contributed by atoms with Crippen molar-refractivity contribution in [3.05, 3.63) is 55.4 Å². The van der Waals surface area contributed by atoms with Crippen LogP contribution in [0.4, 0.5) is 10.7 Å². The number of carbonyl (C=O) groups is 4. The number of benzene rings is 1. The Kier molecular flexibility index (Phi) is 4.69. The molecule has 0 spiro atoms. The normalized spacial score (nSPS) is 12.9. The second-order valence-corrected chi connectivity index (χ2v) is 7.28. The number of nitrogens with zero attached hydrogens (tertiary/aromatic N) is 2. The summed E-state index contributed by atoms with van der Waals surface area (Å²) in [6, 6.07) is 3.70. The van der Waals surface area contributed by atoms with E-state index < -0.39 is 40.8 Å². The molecule has 1 aliphatic rings. The summed E-state index contributed by atoms with van der Waals surface area (Å²) in [5, 5.41) is 13.8. The molecule has 1 aliphatic heterocycles. The number of hydrogen-bond donors (Lipinski definition) is 2. The minimum atomic E-state index is -0.920. The maximum absolute atomic E-state index is 12.5. The van der Waals surface area contributed by atoms with Crippen LogP contribution < -0.4 is 11.1 Å². The van der Waals surface area contributed by atoms with Gasteiger partial charge in [0.1, 0.15) is 17.1 Å². The van der Waals surface area contributed by atoms with Crippen molar-refractivity contribution in [2.45, 2.75) is 13.8 Å². The Hall–Kier alpha value is -3.60. The zero-order chi connectivity index (χ0) is 20.7. The molecule has 3 rings (SSSR count). The molecule has 11 heteroatoms. The first-order valence-electron chi connectivity index (χ1n) is 7.96. The van der Waals surface area contributed by atoms with Crippen molar-refractivity contribution >= 4 is 45.7 Å². The lowest BCUT2D eigenvalue weighted by Gasteiger charge is -2.13. The number of nitrogens with one attached hydrogen (secondary N) is 1. The molecule has 0 radical (unpaired) electrons.